The van der Waals surface area contributed by atoms with Crippen LogP contribution in [-0.2, 0) is 45.7 Å². The molecule has 0 aliphatic heterocycles. The molecule has 0 aromatic rings. The average molecular weight is 317 g/mol. The third-order valence-corrected chi connectivity index (χ3v) is 0. The van der Waals surface area contributed by atoms with Gasteiger partial charge in [0.2, 0.25) is 0 Å². The summed E-state index contributed by atoms with van der Waals surface area (Å²) in [6.07, 6.45) is 0. The van der Waals surface area contributed by atoms with Crippen molar-refractivity contribution in [2.24, 2.45) is 0 Å². The van der Waals surface area contributed by atoms with Crippen LogP contribution in [0.3, 0.4) is 0 Å². The number of rotatable bonds is 0. The molecule has 8 nitrogen and oxygen atoms in total. The van der Waals surface area contributed by atoms with E-state index in [9.17, 15) is 0 Å². The van der Waals surface area contributed by atoms with Crippen molar-refractivity contribution >= 4 is 15.6 Å². The zero-order valence-electron chi connectivity index (χ0n) is 5.45. The fourth-order valence-electron chi connectivity index (χ4n) is 0. The molecular weight excluding hydrogens is 311 g/mol. The Balaban J connectivity index is -0.0000000457. The molecular formula is H6FeO8P2Zn. The van der Waals surface area contributed by atoms with Gasteiger partial charge >= 0.3 is 15.6 Å². The third kappa shape index (κ3) is 657. The second-order valence-electron chi connectivity index (χ2n) is 1.03. The molecule has 6 N–H and O–H groups in total. The molecule has 12 heavy (non-hydrogen) atoms. The van der Waals surface area contributed by atoms with E-state index in [2.05, 4.69) is 0 Å². The summed E-state index contributed by atoms with van der Waals surface area (Å²) < 4.78 is 17.8. The van der Waals surface area contributed by atoms with E-state index in [-0.39, 0.29) is 36.5 Å². The molecule has 74 valence electrons. The molecule has 0 aromatic heterocycles. The van der Waals surface area contributed by atoms with Crippen LogP contribution >= 0.6 is 15.6 Å². The Morgan fingerprint density at radius 1 is 0.667 bits per heavy atom. The maximum atomic E-state index is 8.88. The summed E-state index contributed by atoms with van der Waals surface area (Å²) in [7, 11) is -9.28. The molecule has 0 spiro atoms. The molecule has 0 heterocycles. The molecule has 0 aliphatic carbocycles. The third-order valence-electron chi connectivity index (χ3n) is 0. The molecule has 0 fully saturated rings. The fourth-order valence-corrected chi connectivity index (χ4v) is 0. The summed E-state index contributed by atoms with van der Waals surface area (Å²) in [6, 6.07) is 0. The minimum Gasteiger partial charge on any atom is -0.303 e. The second-order valence-corrected chi connectivity index (χ2v) is 3.08. The van der Waals surface area contributed by atoms with Gasteiger partial charge in [0.05, 0.1) is 0 Å². The van der Waals surface area contributed by atoms with Crippen molar-refractivity contribution in [2.45, 2.75) is 0 Å². The van der Waals surface area contributed by atoms with Crippen molar-refractivity contribution in [3.8, 4) is 0 Å². The molecule has 0 bridgehead atoms. The first-order valence-electron chi connectivity index (χ1n) is 1.57. The van der Waals surface area contributed by atoms with E-state index >= 15 is 0 Å². The standard InChI is InChI=1S/Fe.2H3O4P.Zn/c;2*1-5(2,3)4;/h;2*(H3,1,2,3,4);. The number of phosphoric acid groups is 2. The Kier molecular flexibility index (Phi) is 17.4. The van der Waals surface area contributed by atoms with Gasteiger partial charge in [-0.25, -0.2) is 9.13 Å². The Hall–Kier alpha value is 1.36. The van der Waals surface area contributed by atoms with Crippen molar-refractivity contribution in [2.75, 3.05) is 0 Å². The first kappa shape index (κ1) is 23.3. The Morgan fingerprint density at radius 2 is 0.667 bits per heavy atom. The molecule has 0 saturated heterocycles. The summed E-state index contributed by atoms with van der Waals surface area (Å²) in [5.74, 6) is 0. The first-order chi connectivity index (χ1) is 4.00. The van der Waals surface area contributed by atoms with E-state index in [1.165, 1.54) is 0 Å². The first-order valence-corrected chi connectivity index (χ1v) is 4.70. The molecule has 0 unspecified atom stereocenters. The van der Waals surface area contributed by atoms with Crippen molar-refractivity contribution in [1.82, 2.24) is 0 Å². The van der Waals surface area contributed by atoms with Crippen LogP contribution in [0.2, 0.25) is 0 Å². The van der Waals surface area contributed by atoms with Gasteiger partial charge in [0, 0.05) is 36.5 Å². The predicted octanol–water partition coefficient (Wildman–Crippen LogP) is -1.86. The van der Waals surface area contributed by atoms with E-state index in [1.807, 2.05) is 0 Å². The van der Waals surface area contributed by atoms with Gasteiger partial charge in [-0.15, -0.1) is 0 Å². The average Bonchev–Trinajstić information content (AvgIpc) is 1.12. The Bertz CT molecular complexity index is 129. The molecule has 0 atom stereocenters. The maximum absolute atomic E-state index is 8.88. The van der Waals surface area contributed by atoms with Gasteiger partial charge in [-0.2, -0.15) is 0 Å². The van der Waals surface area contributed by atoms with Crippen LogP contribution in [0.5, 0.6) is 0 Å². The van der Waals surface area contributed by atoms with Crippen molar-refractivity contribution in [3.05, 3.63) is 0 Å². The zero-order chi connectivity index (χ0) is 9.00. The minimum absolute atomic E-state index is 0. The van der Waals surface area contributed by atoms with E-state index in [4.69, 9.17) is 38.5 Å². The van der Waals surface area contributed by atoms with Crippen LogP contribution in [0.25, 0.3) is 0 Å². The maximum Gasteiger partial charge on any atom is 0.466 e. The van der Waals surface area contributed by atoms with Gasteiger partial charge in [-0.05, 0) is 0 Å². The molecule has 12 heteroatoms. The van der Waals surface area contributed by atoms with Crippen molar-refractivity contribution in [1.29, 1.82) is 0 Å². The summed E-state index contributed by atoms with van der Waals surface area (Å²) in [6.45, 7) is 0. The summed E-state index contributed by atoms with van der Waals surface area (Å²) in [5, 5.41) is 0. The van der Waals surface area contributed by atoms with Crippen molar-refractivity contribution < 1.29 is 75.0 Å². The minimum atomic E-state index is -4.64. The normalized spacial score (nSPS) is 9.83. The van der Waals surface area contributed by atoms with Gasteiger partial charge in [0.1, 0.15) is 0 Å². The molecule has 0 radical (unpaired) electrons. The number of hydrogen-bond acceptors (Lipinski definition) is 2. The number of hydrogen-bond donors (Lipinski definition) is 6. The molecule has 0 amide bonds. The quantitative estimate of drug-likeness (QED) is 0.224. The SMILES string of the molecule is O=P(O)(O)O.O=P(O)(O)O.[Fe].[Zn]. The van der Waals surface area contributed by atoms with Crippen LogP contribution in [-0.4, -0.2) is 29.4 Å². The van der Waals surface area contributed by atoms with Gasteiger partial charge in [-0.3, -0.25) is 0 Å². The van der Waals surface area contributed by atoms with Gasteiger partial charge in [0.25, 0.3) is 0 Å². The zero-order valence-corrected chi connectivity index (χ0v) is 11.3. The molecule has 0 aliphatic rings. The van der Waals surface area contributed by atoms with E-state index < -0.39 is 15.6 Å². The molecule has 0 saturated carbocycles. The second kappa shape index (κ2) is 8.94. The van der Waals surface area contributed by atoms with Gasteiger partial charge in [0.15, 0.2) is 0 Å². The Morgan fingerprint density at radius 3 is 0.667 bits per heavy atom. The van der Waals surface area contributed by atoms with E-state index in [1.54, 1.807) is 0 Å². The van der Waals surface area contributed by atoms with E-state index in [0.717, 1.165) is 0 Å². The van der Waals surface area contributed by atoms with Gasteiger partial charge < -0.3 is 29.4 Å². The van der Waals surface area contributed by atoms with Crippen molar-refractivity contribution in [3.63, 3.8) is 0 Å². The smallest absolute Gasteiger partial charge is 0.303 e. The van der Waals surface area contributed by atoms with Crippen LogP contribution < -0.4 is 0 Å². The van der Waals surface area contributed by atoms with Gasteiger partial charge in [-0.1, -0.05) is 0 Å². The largest absolute Gasteiger partial charge is 0.466 e. The van der Waals surface area contributed by atoms with Crippen LogP contribution in [0.15, 0.2) is 0 Å². The monoisotopic (exact) mass is 316 g/mol. The van der Waals surface area contributed by atoms with E-state index in [0.29, 0.717) is 0 Å². The van der Waals surface area contributed by atoms with Crippen LogP contribution in [0.4, 0.5) is 0 Å². The van der Waals surface area contributed by atoms with Crippen LogP contribution in [0.1, 0.15) is 0 Å². The Labute approximate surface area is 90.7 Å². The topological polar surface area (TPSA) is 156 Å². The fraction of sp³-hybridized carbons (Fsp3) is 0. The molecule has 0 rings (SSSR count). The summed E-state index contributed by atoms with van der Waals surface area (Å²) >= 11 is 0. The van der Waals surface area contributed by atoms with Crippen LogP contribution in [0, 0.1) is 0 Å². The molecule has 0 aromatic carbocycles. The predicted molar refractivity (Wildman–Crippen MR) is 28.5 cm³/mol. The summed E-state index contributed by atoms with van der Waals surface area (Å²) in [5.41, 5.74) is 0. The summed E-state index contributed by atoms with van der Waals surface area (Å²) in [4.78, 5) is 43.1.